The van der Waals surface area contributed by atoms with E-state index in [4.69, 9.17) is 4.74 Å². The molecule has 24 heavy (non-hydrogen) atoms. The number of hydrogen-bond acceptors (Lipinski definition) is 4. The number of ether oxygens (including phenoxy) is 1. The van der Waals surface area contributed by atoms with Crippen LogP contribution in [0.3, 0.4) is 0 Å². The van der Waals surface area contributed by atoms with Crippen LogP contribution < -0.4 is 10.6 Å². The van der Waals surface area contributed by atoms with Crippen LogP contribution >= 0.6 is 11.8 Å². The average Bonchev–Trinajstić information content (AvgIpc) is 3.16. The van der Waals surface area contributed by atoms with Crippen LogP contribution in [0.2, 0.25) is 0 Å². The molecule has 0 bridgehead atoms. The second-order valence-corrected chi connectivity index (χ2v) is 6.77. The largest absolute Gasteiger partial charge is 0.372 e. The average molecular weight is 342 g/mol. The molecular formula is C19H22N2O2S. The van der Waals surface area contributed by atoms with Crippen LogP contribution in [0, 0.1) is 0 Å². The summed E-state index contributed by atoms with van der Waals surface area (Å²) in [6, 6.07) is 18.1. The monoisotopic (exact) mass is 342 g/mol. The first-order valence-electron chi connectivity index (χ1n) is 8.10. The first-order valence-corrected chi connectivity index (χ1v) is 9.25. The Balaban J connectivity index is 1.51. The molecule has 3 rings (SSSR count). The highest BCUT2D eigenvalue weighted by molar-refractivity contribution is 7.99. The third-order valence-corrected chi connectivity index (χ3v) is 4.91. The molecular weight excluding hydrogens is 320 g/mol. The molecule has 1 amide bonds. The van der Waals surface area contributed by atoms with Crippen molar-refractivity contribution in [1.29, 1.82) is 0 Å². The van der Waals surface area contributed by atoms with Crippen LogP contribution in [0.4, 0.5) is 0 Å². The van der Waals surface area contributed by atoms with Crippen molar-refractivity contribution in [3.05, 3.63) is 71.3 Å². The molecule has 2 aromatic carbocycles. The maximum absolute atomic E-state index is 12.1. The molecule has 1 aliphatic heterocycles. The third kappa shape index (κ3) is 4.84. The summed E-state index contributed by atoms with van der Waals surface area (Å²) >= 11 is 1.75. The van der Waals surface area contributed by atoms with E-state index in [-0.39, 0.29) is 11.9 Å². The molecule has 0 spiro atoms. The predicted octanol–water partition coefficient (Wildman–Crippen LogP) is 2.68. The molecule has 2 N–H and O–H groups in total. The summed E-state index contributed by atoms with van der Waals surface area (Å²) < 4.78 is 5.82. The second-order valence-electron chi connectivity index (χ2n) is 5.74. The van der Waals surface area contributed by atoms with Crippen molar-refractivity contribution in [3.63, 3.8) is 0 Å². The lowest BCUT2D eigenvalue weighted by atomic mass is 10.1. The van der Waals surface area contributed by atoms with Crippen molar-refractivity contribution < 1.29 is 9.53 Å². The molecule has 5 heteroatoms. The Bertz CT molecular complexity index is 657. The molecule has 1 heterocycles. The van der Waals surface area contributed by atoms with Crippen LogP contribution in [0.5, 0.6) is 0 Å². The highest BCUT2D eigenvalue weighted by atomic mass is 32.2. The molecule has 126 valence electrons. The first-order chi connectivity index (χ1) is 11.8. The van der Waals surface area contributed by atoms with Gasteiger partial charge in [-0.3, -0.25) is 10.1 Å². The lowest BCUT2D eigenvalue weighted by Gasteiger charge is -2.13. The Morgan fingerprint density at radius 2 is 1.83 bits per heavy atom. The Labute approximate surface area is 147 Å². The maximum Gasteiger partial charge on any atom is 0.238 e. The van der Waals surface area contributed by atoms with Gasteiger partial charge in [0, 0.05) is 18.2 Å². The van der Waals surface area contributed by atoms with Crippen LogP contribution in [-0.4, -0.2) is 23.6 Å². The topological polar surface area (TPSA) is 50.4 Å². The summed E-state index contributed by atoms with van der Waals surface area (Å²) in [6.07, 6.45) is 0. The molecule has 0 aromatic heterocycles. The Morgan fingerprint density at radius 1 is 1.08 bits per heavy atom. The summed E-state index contributed by atoms with van der Waals surface area (Å²) in [5, 5.41) is 6.21. The van der Waals surface area contributed by atoms with Gasteiger partial charge in [-0.2, -0.15) is 0 Å². The number of thioether (sulfide) groups is 1. The quantitative estimate of drug-likeness (QED) is 0.812. The fraction of sp³-hybridized carbons (Fsp3) is 0.316. The van der Waals surface area contributed by atoms with Crippen molar-refractivity contribution >= 4 is 17.7 Å². The van der Waals surface area contributed by atoms with Gasteiger partial charge in [-0.25, -0.2) is 0 Å². The Kier molecular flexibility index (Phi) is 6.29. The highest BCUT2D eigenvalue weighted by Gasteiger charge is 2.22. The minimum Gasteiger partial charge on any atom is -0.372 e. The molecule has 1 saturated heterocycles. The number of benzene rings is 2. The van der Waals surface area contributed by atoms with E-state index in [2.05, 4.69) is 28.8 Å². The van der Waals surface area contributed by atoms with Gasteiger partial charge in [0.1, 0.15) is 0 Å². The first kappa shape index (κ1) is 17.0. The number of carbonyl (C=O) groups is 1. The zero-order valence-electron chi connectivity index (χ0n) is 13.5. The number of rotatable bonds is 7. The normalized spacial score (nSPS) is 16.9. The van der Waals surface area contributed by atoms with Crippen molar-refractivity contribution in [2.75, 3.05) is 11.6 Å². The van der Waals surface area contributed by atoms with E-state index in [1.54, 1.807) is 11.8 Å². The SMILES string of the molecule is O=C(NCc1ccccc1COCc1ccccc1)[C@H]1CSCN1. The van der Waals surface area contributed by atoms with Gasteiger partial charge in [-0.15, -0.1) is 11.8 Å². The predicted molar refractivity (Wildman–Crippen MR) is 97.5 cm³/mol. The Morgan fingerprint density at radius 3 is 2.58 bits per heavy atom. The van der Waals surface area contributed by atoms with E-state index >= 15 is 0 Å². The van der Waals surface area contributed by atoms with Crippen molar-refractivity contribution in [2.45, 2.75) is 25.8 Å². The standard InChI is InChI=1S/C19H22N2O2S/c22-19(18-13-24-14-21-18)20-10-16-8-4-5-9-17(16)12-23-11-15-6-2-1-3-7-15/h1-9,18,21H,10-14H2,(H,20,22)/t18-/m1/s1. The Hall–Kier alpha value is -1.82. The van der Waals surface area contributed by atoms with Gasteiger partial charge >= 0.3 is 0 Å². The van der Waals surface area contributed by atoms with Gasteiger partial charge in [-0.05, 0) is 16.7 Å². The minimum atomic E-state index is -0.0727. The molecule has 0 saturated carbocycles. The fourth-order valence-electron chi connectivity index (χ4n) is 2.59. The smallest absolute Gasteiger partial charge is 0.238 e. The molecule has 1 fully saturated rings. The van der Waals surface area contributed by atoms with E-state index in [9.17, 15) is 4.79 Å². The molecule has 1 atom stereocenters. The summed E-state index contributed by atoms with van der Waals surface area (Å²) in [5.41, 5.74) is 3.38. The summed E-state index contributed by atoms with van der Waals surface area (Å²) in [4.78, 5) is 12.1. The van der Waals surface area contributed by atoms with E-state index in [1.807, 2.05) is 36.4 Å². The van der Waals surface area contributed by atoms with Crippen molar-refractivity contribution in [1.82, 2.24) is 10.6 Å². The number of hydrogen-bond donors (Lipinski definition) is 2. The van der Waals surface area contributed by atoms with Gasteiger partial charge < -0.3 is 10.1 Å². The third-order valence-electron chi connectivity index (χ3n) is 3.97. The molecule has 2 aromatic rings. The molecule has 1 aliphatic rings. The van der Waals surface area contributed by atoms with Gasteiger partial charge in [-0.1, -0.05) is 54.6 Å². The zero-order chi connectivity index (χ0) is 16.6. The van der Waals surface area contributed by atoms with Crippen molar-refractivity contribution in [3.8, 4) is 0 Å². The maximum atomic E-state index is 12.1. The van der Waals surface area contributed by atoms with Crippen LogP contribution in [0.25, 0.3) is 0 Å². The minimum absolute atomic E-state index is 0.0695. The zero-order valence-corrected chi connectivity index (χ0v) is 14.4. The lowest BCUT2D eigenvalue weighted by Crippen LogP contribution is -2.41. The lowest BCUT2D eigenvalue weighted by molar-refractivity contribution is -0.122. The second kappa shape index (κ2) is 8.87. The van der Waals surface area contributed by atoms with Crippen LogP contribution in [0.1, 0.15) is 16.7 Å². The molecule has 0 unspecified atom stereocenters. The van der Waals surface area contributed by atoms with Gasteiger partial charge in [0.15, 0.2) is 0 Å². The highest BCUT2D eigenvalue weighted by Crippen LogP contribution is 2.13. The van der Waals surface area contributed by atoms with Crippen molar-refractivity contribution in [2.24, 2.45) is 0 Å². The summed E-state index contributed by atoms with van der Waals surface area (Å²) in [7, 11) is 0. The number of carbonyl (C=O) groups excluding carboxylic acids is 1. The van der Waals surface area contributed by atoms with Gasteiger partial charge in [0.05, 0.1) is 19.3 Å². The number of nitrogens with one attached hydrogen (secondary N) is 2. The van der Waals surface area contributed by atoms with E-state index < -0.39 is 0 Å². The fourth-order valence-corrected chi connectivity index (χ4v) is 3.53. The van der Waals surface area contributed by atoms with Gasteiger partial charge in [0.25, 0.3) is 0 Å². The van der Waals surface area contributed by atoms with Gasteiger partial charge in [0.2, 0.25) is 5.91 Å². The molecule has 0 aliphatic carbocycles. The van der Waals surface area contributed by atoms with E-state index in [0.29, 0.717) is 19.8 Å². The summed E-state index contributed by atoms with van der Waals surface area (Å²) in [6.45, 7) is 1.66. The van der Waals surface area contributed by atoms with E-state index in [0.717, 1.165) is 28.3 Å². The summed E-state index contributed by atoms with van der Waals surface area (Å²) in [5.74, 6) is 1.76. The molecule has 0 radical (unpaired) electrons. The van der Waals surface area contributed by atoms with E-state index in [1.165, 1.54) is 0 Å². The van der Waals surface area contributed by atoms with Crippen LogP contribution in [-0.2, 0) is 29.3 Å². The number of amides is 1. The van der Waals surface area contributed by atoms with Crippen LogP contribution in [0.15, 0.2) is 54.6 Å². The molecule has 4 nitrogen and oxygen atoms in total.